The number of rotatable bonds is 6. The molecule has 1 atom stereocenters. The van der Waals surface area contributed by atoms with Gasteiger partial charge in [0.25, 0.3) is 0 Å². The number of nitrogens with one attached hydrogen (secondary N) is 2. The van der Waals surface area contributed by atoms with E-state index in [4.69, 9.17) is 9.84 Å². The number of carboxylic acid groups (broad SMARTS) is 1. The highest BCUT2D eigenvalue weighted by Gasteiger charge is 2.13. The van der Waals surface area contributed by atoms with E-state index in [9.17, 15) is 4.79 Å². The van der Waals surface area contributed by atoms with Crippen LogP contribution in [0.15, 0.2) is 24.3 Å². The number of ether oxygens (including phenoxy) is 1. The van der Waals surface area contributed by atoms with E-state index >= 15 is 0 Å². The van der Waals surface area contributed by atoms with Crippen molar-refractivity contribution in [3.8, 4) is 5.75 Å². The summed E-state index contributed by atoms with van der Waals surface area (Å²) in [6, 6.07) is 6.74. The summed E-state index contributed by atoms with van der Waals surface area (Å²) in [5.41, 5.74) is 0.834. The zero-order chi connectivity index (χ0) is 12.0. The van der Waals surface area contributed by atoms with Crippen molar-refractivity contribution in [2.24, 2.45) is 0 Å². The molecule has 0 aliphatic heterocycles. The van der Waals surface area contributed by atoms with Crippen molar-refractivity contribution in [1.29, 1.82) is 0 Å². The van der Waals surface area contributed by atoms with E-state index in [1.54, 1.807) is 14.2 Å². The van der Waals surface area contributed by atoms with Gasteiger partial charge in [0.05, 0.1) is 7.11 Å². The normalized spacial score (nSPS) is 11.9. The topological polar surface area (TPSA) is 70.6 Å². The number of carbonyl (C=O) groups is 1. The van der Waals surface area contributed by atoms with E-state index in [0.29, 0.717) is 6.54 Å². The molecule has 88 valence electrons. The van der Waals surface area contributed by atoms with Gasteiger partial charge in [-0.2, -0.15) is 0 Å². The second-order valence-corrected chi connectivity index (χ2v) is 3.29. The highest BCUT2D eigenvalue weighted by Crippen LogP contribution is 2.16. The fourth-order valence-corrected chi connectivity index (χ4v) is 1.27. The molecular formula is C11H16N2O3. The second kappa shape index (κ2) is 5.97. The van der Waals surface area contributed by atoms with Gasteiger partial charge in [-0.25, -0.2) is 0 Å². The third-order valence-electron chi connectivity index (χ3n) is 2.23. The molecular weight excluding hydrogens is 208 g/mol. The molecule has 16 heavy (non-hydrogen) atoms. The summed E-state index contributed by atoms with van der Waals surface area (Å²) in [7, 11) is 3.21. The van der Waals surface area contributed by atoms with Crippen molar-refractivity contribution in [3.63, 3.8) is 0 Å². The molecule has 5 heteroatoms. The van der Waals surface area contributed by atoms with E-state index in [1.807, 2.05) is 24.3 Å². The predicted octanol–water partition coefficient (Wildman–Crippen LogP) is 0.780. The molecule has 0 fully saturated rings. The Morgan fingerprint density at radius 2 is 2.31 bits per heavy atom. The third kappa shape index (κ3) is 3.43. The number of aliphatic carboxylic acids is 1. The van der Waals surface area contributed by atoms with Crippen molar-refractivity contribution in [2.75, 3.05) is 26.0 Å². The Morgan fingerprint density at radius 1 is 1.56 bits per heavy atom. The minimum Gasteiger partial charge on any atom is -0.497 e. The second-order valence-electron chi connectivity index (χ2n) is 3.29. The van der Waals surface area contributed by atoms with Gasteiger partial charge in [-0.1, -0.05) is 6.07 Å². The maximum Gasteiger partial charge on any atom is 0.322 e. The SMILES string of the molecule is CNC(CNc1cccc(OC)c1)C(=O)O. The Labute approximate surface area is 94.4 Å². The van der Waals surface area contributed by atoms with Crippen LogP contribution in [0.4, 0.5) is 5.69 Å². The summed E-state index contributed by atoms with van der Waals surface area (Å²) in [5, 5.41) is 14.6. The van der Waals surface area contributed by atoms with Crippen LogP contribution in [0.2, 0.25) is 0 Å². The Morgan fingerprint density at radius 3 is 2.88 bits per heavy atom. The molecule has 0 aromatic heterocycles. The van der Waals surface area contributed by atoms with Crippen LogP contribution >= 0.6 is 0 Å². The average Bonchev–Trinajstić information content (AvgIpc) is 2.29. The number of hydrogen-bond acceptors (Lipinski definition) is 4. The maximum absolute atomic E-state index is 10.7. The van der Waals surface area contributed by atoms with E-state index in [2.05, 4.69) is 10.6 Å². The summed E-state index contributed by atoms with van der Waals surface area (Å²) in [6.07, 6.45) is 0. The minimum absolute atomic E-state index is 0.318. The van der Waals surface area contributed by atoms with Crippen molar-refractivity contribution >= 4 is 11.7 Å². The van der Waals surface area contributed by atoms with Crippen molar-refractivity contribution in [1.82, 2.24) is 5.32 Å². The summed E-state index contributed by atoms with van der Waals surface area (Å²) in [6.45, 7) is 0.318. The lowest BCUT2D eigenvalue weighted by Crippen LogP contribution is -2.39. The van der Waals surface area contributed by atoms with Crippen LogP contribution in [-0.4, -0.2) is 37.8 Å². The first kappa shape index (κ1) is 12.3. The summed E-state index contributed by atoms with van der Waals surface area (Å²) < 4.78 is 5.06. The lowest BCUT2D eigenvalue weighted by Gasteiger charge is -2.13. The summed E-state index contributed by atoms with van der Waals surface area (Å²) in [4.78, 5) is 10.7. The summed E-state index contributed by atoms with van der Waals surface area (Å²) >= 11 is 0. The molecule has 1 aromatic rings. The minimum atomic E-state index is -0.877. The van der Waals surface area contributed by atoms with Crippen molar-refractivity contribution in [2.45, 2.75) is 6.04 Å². The molecule has 0 amide bonds. The van der Waals surface area contributed by atoms with Crippen LogP contribution < -0.4 is 15.4 Å². The first-order valence-corrected chi connectivity index (χ1v) is 4.95. The molecule has 1 aromatic carbocycles. The highest BCUT2D eigenvalue weighted by atomic mass is 16.5. The molecule has 0 aliphatic rings. The van der Waals surface area contributed by atoms with Gasteiger partial charge in [-0.05, 0) is 19.2 Å². The van der Waals surface area contributed by atoms with Crippen LogP contribution in [0.5, 0.6) is 5.75 Å². The number of anilines is 1. The number of hydrogen-bond donors (Lipinski definition) is 3. The lowest BCUT2D eigenvalue weighted by molar-refractivity contribution is -0.138. The molecule has 0 radical (unpaired) electrons. The standard InChI is InChI=1S/C11H16N2O3/c1-12-10(11(14)15)7-13-8-4-3-5-9(6-8)16-2/h3-6,10,12-13H,7H2,1-2H3,(H,14,15). The number of carboxylic acids is 1. The van der Waals surface area contributed by atoms with Crippen molar-refractivity contribution < 1.29 is 14.6 Å². The quantitative estimate of drug-likeness (QED) is 0.666. The molecule has 1 unspecified atom stereocenters. The van der Waals surface area contributed by atoms with E-state index in [1.165, 1.54) is 0 Å². The van der Waals surface area contributed by atoms with Gasteiger partial charge in [0.15, 0.2) is 0 Å². The number of benzene rings is 1. The van der Waals surface area contributed by atoms with Gasteiger partial charge in [-0.3, -0.25) is 4.79 Å². The Bertz CT molecular complexity index is 355. The predicted molar refractivity (Wildman–Crippen MR) is 62.0 cm³/mol. The largest absolute Gasteiger partial charge is 0.497 e. The lowest BCUT2D eigenvalue weighted by atomic mass is 10.2. The Hall–Kier alpha value is -1.75. The van der Waals surface area contributed by atoms with Crippen LogP contribution in [0, 0.1) is 0 Å². The van der Waals surface area contributed by atoms with Crippen LogP contribution in [0.3, 0.4) is 0 Å². The van der Waals surface area contributed by atoms with E-state index < -0.39 is 12.0 Å². The molecule has 0 aliphatic carbocycles. The molecule has 0 heterocycles. The zero-order valence-corrected chi connectivity index (χ0v) is 9.36. The molecule has 1 rings (SSSR count). The summed E-state index contributed by atoms with van der Waals surface area (Å²) in [5.74, 6) is -0.140. The average molecular weight is 224 g/mol. The molecule has 0 spiro atoms. The van der Waals surface area contributed by atoms with Crippen molar-refractivity contribution in [3.05, 3.63) is 24.3 Å². The van der Waals surface area contributed by atoms with Gasteiger partial charge < -0.3 is 20.5 Å². The van der Waals surface area contributed by atoms with E-state index in [0.717, 1.165) is 11.4 Å². The number of methoxy groups -OCH3 is 1. The molecule has 0 saturated carbocycles. The van der Waals surface area contributed by atoms with Gasteiger partial charge in [-0.15, -0.1) is 0 Å². The van der Waals surface area contributed by atoms with E-state index in [-0.39, 0.29) is 0 Å². The highest BCUT2D eigenvalue weighted by molar-refractivity contribution is 5.74. The molecule has 0 saturated heterocycles. The van der Waals surface area contributed by atoms with Gasteiger partial charge >= 0.3 is 5.97 Å². The maximum atomic E-state index is 10.7. The van der Waals surface area contributed by atoms with Gasteiger partial charge in [0.1, 0.15) is 11.8 Å². The molecule has 5 nitrogen and oxygen atoms in total. The Balaban J connectivity index is 2.56. The fourth-order valence-electron chi connectivity index (χ4n) is 1.27. The monoisotopic (exact) mass is 224 g/mol. The van der Waals surface area contributed by atoms with Gasteiger partial charge in [0, 0.05) is 18.3 Å². The van der Waals surface area contributed by atoms with Crippen LogP contribution in [-0.2, 0) is 4.79 Å². The number of likely N-dealkylation sites (N-methyl/N-ethyl adjacent to an activating group) is 1. The van der Waals surface area contributed by atoms with Gasteiger partial charge in [0.2, 0.25) is 0 Å². The molecule has 3 N–H and O–H groups in total. The molecule has 0 bridgehead atoms. The first-order chi connectivity index (χ1) is 7.67. The first-order valence-electron chi connectivity index (χ1n) is 4.95. The smallest absolute Gasteiger partial charge is 0.322 e. The van der Waals surface area contributed by atoms with Crippen LogP contribution in [0.25, 0.3) is 0 Å². The zero-order valence-electron chi connectivity index (χ0n) is 9.36. The third-order valence-corrected chi connectivity index (χ3v) is 2.23. The van der Waals surface area contributed by atoms with Crippen LogP contribution in [0.1, 0.15) is 0 Å². The Kier molecular flexibility index (Phi) is 4.60. The fraction of sp³-hybridized carbons (Fsp3) is 0.364.